The van der Waals surface area contributed by atoms with E-state index in [2.05, 4.69) is 13.8 Å². The van der Waals surface area contributed by atoms with Gasteiger partial charge in [-0.05, 0) is 87.9 Å². The van der Waals surface area contributed by atoms with Crippen LogP contribution in [0.5, 0.6) is 0 Å². The summed E-state index contributed by atoms with van der Waals surface area (Å²) < 4.78 is 17.4. The smallest absolute Gasteiger partial charge is 0.330 e. The lowest BCUT2D eigenvalue weighted by Crippen LogP contribution is -2.64. The van der Waals surface area contributed by atoms with Crippen LogP contribution in [0.4, 0.5) is 0 Å². The summed E-state index contributed by atoms with van der Waals surface area (Å²) in [7, 11) is 0. The first-order chi connectivity index (χ1) is 17.4. The number of hydrogen-bond donors (Lipinski definition) is 4. The zero-order valence-corrected chi connectivity index (χ0v) is 22.3. The zero-order valence-electron chi connectivity index (χ0n) is 22.3. The summed E-state index contributed by atoms with van der Waals surface area (Å²) in [5, 5.41) is 43.1. The molecule has 6 rings (SSSR count). The minimum Gasteiger partial charge on any atom is -0.462 e. The van der Waals surface area contributed by atoms with Crippen LogP contribution < -0.4 is 0 Å². The minimum atomic E-state index is -1.28. The van der Waals surface area contributed by atoms with Crippen LogP contribution in [-0.4, -0.2) is 75.4 Å². The molecule has 13 atom stereocenters. The average Bonchev–Trinajstić information content (AvgIpc) is 3.10. The van der Waals surface area contributed by atoms with Crippen molar-refractivity contribution in [1.82, 2.24) is 0 Å². The summed E-state index contributed by atoms with van der Waals surface area (Å²) in [6, 6.07) is 0. The lowest BCUT2D eigenvalue weighted by Gasteiger charge is -2.65. The number of rotatable bonds is 2. The Hall–Kier alpha value is -1.03. The monoisotopic (exact) mass is 520 g/mol. The topological polar surface area (TPSA) is 126 Å². The van der Waals surface area contributed by atoms with Gasteiger partial charge in [-0.1, -0.05) is 19.9 Å². The van der Waals surface area contributed by atoms with Gasteiger partial charge >= 0.3 is 5.97 Å². The van der Waals surface area contributed by atoms with Gasteiger partial charge in [0.25, 0.3) is 0 Å². The molecule has 5 fully saturated rings. The lowest BCUT2D eigenvalue weighted by molar-refractivity contribution is -0.310. The molecule has 208 valence electrons. The maximum Gasteiger partial charge on any atom is 0.330 e. The number of carbonyl (C=O) groups excluding carboxylic acids is 1. The van der Waals surface area contributed by atoms with E-state index in [1.54, 1.807) is 13.0 Å². The first-order valence-electron chi connectivity index (χ1n) is 14.4. The van der Waals surface area contributed by atoms with Crippen LogP contribution in [0.2, 0.25) is 0 Å². The van der Waals surface area contributed by atoms with E-state index in [1.807, 2.05) is 6.08 Å². The molecule has 2 heterocycles. The third kappa shape index (κ3) is 3.59. The summed E-state index contributed by atoms with van der Waals surface area (Å²) in [4.78, 5) is 11.8. The molecule has 37 heavy (non-hydrogen) atoms. The molecular weight excluding hydrogens is 476 g/mol. The van der Waals surface area contributed by atoms with E-state index in [4.69, 9.17) is 14.2 Å². The number of ether oxygens (including phenoxy) is 3. The molecule has 0 aromatic rings. The molecule has 8 heteroatoms. The van der Waals surface area contributed by atoms with Crippen LogP contribution in [0, 0.1) is 34.0 Å². The maximum atomic E-state index is 12.4. The molecule has 0 radical (unpaired) electrons. The van der Waals surface area contributed by atoms with Gasteiger partial charge in [0.15, 0.2) is 6.29 Å². The van der Waals surface area contributed by atoms with E-state index >= 15 is 0 Å². The predicted molar refractivity (Wildman–Crippen MR) is 133 cm³/mol. The fourth-order valence-corrected chi connectivity index (χ4v) is 9.82. The summed E-state index contributed by atoms with van der Waals surface area (Å²) in [5.41, 5.74) is -1.24. The molecule has 6 aliphatic rings. The van der Waals surface area contributed by atoms with Crippen LogP contribution >= 0.6 is 0 Å². The number of fused-ring (bicyclic) bond motifs is 6. The standard InChI is InChI=1S/C29H44O8/c1-16-22(31)23(32)24(33)25(36-16)37-18-6-9-26(2)17(14-18)4-5-20-19(26)7-10-27(3)28(12-13-29(20,27)34)11-8-21(30)35-15-28/h8,11,16-20,22-25,31-34H,4-7,9-10,12-15H2,1-3H3/t16-,17+,18+,19-,20+,22-,23-,24-,25+,26+,27-,28-,29+/m1/s1. The Kier molecular flexibility index (Phi) is 6.19. The third-order valence-corrected chi connectivity index (χ3v) is 12.4. The highest BCUT2D eigenvalue weighted by atomic mass is 16.7. The number of aliphatic hydroxyl groups excluding tert-OH is 3. The normalized spacial score (nSPS) is 57.4. The number of esters is 1. The molecule has 8 nitrogen and oxygen atoms in total. The molecule has 4 N–H and O–H groups in total. The fourth-order valence-electron chi connectivity index (χ4n) is 9.82. The molecule has 4 aliphatic carbocycles. The number of cyclic esters (lactones) is 1. The molecular formula is C29H44O8. The first-order valence-corrected chi connectivity index (χ1v) is 14.4. The number of hydrogen-bond acceptors (Lipinski definition) is 8. The Morgan fingerprint density at radius 3 is 2.46 bits per heavy atom. The Labute approximate surface area is 219 Å². The second-order valence-corrected chi connectivity index (χ2v) is 13.6. The maximum absolute atomic E-state index is 12.4. The summed E-state index contributed by atoms with van der Waals surface area (Å²) in [6.07, 6.45) is 6.61. The highest BCUT2D eigenvalue weighted by molar-refractivity contribution is 5.83. The van der Waals surface area contributed by atoms with Gasteiger partial charge in [-0.2, -0.15) is 0 Å². The second-order valence-electron chi connectivity index (χ2n) is 13.6. The minimum absolute atomic E-state index is 0.0716. The molecule has 0 bridgehead atoms. The first kappa shape index (κ1) is 26.2. The second kappa shape index (κ2) is 8.73. The van der Waals surface area contributed by atoms with Gasteiger partial charge in [0.05, 0.1) is 17.8 Å². The molecule has 1 spiro atoms. The predicted octanol–water partition coefficient (Wildman–Crippen LogP) is 2.46. The summed E-state index contributed by atoms with van der Waals surface area (Å²) in [6.45, 7) is 6.70. The van der Waals surface area contributed by atoms with E-state index < -0.39 is 36.3 Å². The average molecular weight is 521 g/mol. The van der Waals surface area contributed by atoms with Crippen LogP contribution in [0.1, 0.15) is 78.6 Å². The van der Waals surface area contributed by atoms with Gasteiger partial charge in [-0.25, -0.2) is 4.79 Å². The van der Waals surface area contributed by atoms with E-state index in [9.17, 15) is 25.2 Å². The van der Waals surface area contributed by atoms with Gasteiger partial charge < -0.3 is 34.6 Å². The quantitative estimate of drug-likeness (QED) is 0.323. The van der Waals surface area contributed by atoms with Crippen LogP contribution in [0.25, 0.3) is 0 Å². The SMILES string of the molecule is C[C@H]1O[C@@H](O[C@H]2CC[C@@]3(C)[C@@H](CC[C@H]4[C@H]3CC[C@]3(C)[C@]5(C=CC(=O)OC5)CC[C@]43O)C2)[C@H](O)[C@H](O)[C@@H]1O. The molecule has 0 unspecified atom stereocenters. The molecule has 0 amide bonds. The zero-order chi connectivity index (χ0) is 26.4. The molecule has 0 aromatic heterocycles. The van der Waals surface area contributed by atoms with Crippen molar-refractivity contribution in [3.05, 3.63) is 12.2 Å². The van der Waals surface area contributed by atoms with Crippen molar-refractivity contribution >= 4 is 5.97 Å². The number of carbonyl (C=O) groups is 1. The van der Waals surface area contributed by atoms with E-state index in [1.165, 1.54) is 0 Å². The Morgan fingerprint density at radius 2 is 1.73 bits per heavy atom. The largest absolute Gasteiger partial charge is 0.462 e. The lowest BCUT2D eigenvalue weighted by atomic mass is 9.42. The molecule has 2 aliphatic heterocycles. The van der Waals surface area contributed by atoms with Crippen molar-refractivity contribution in [3.63, 3.8) is 0 Å². The summed E-state index contributed by atoms with van der Waals surface area (Å²) in [5.74, 6) is 0.845. The van der Waals surface area contributed by atoms with Gasteiger partial charge in [0, 0.05) is 16.9 Å². The van der Waals surface area contributed by atoms with Crippen molar-refractivity contribution in [2.75, 3.05) is 6.61 Å². The van der Waals surface area contributed by atoms with Gasteiger partial charge in [0.1, 0.15) is 24.9 Å². The van der Waals surface area contributed by atoms with Gasteiger partial charge in [-0.3, -0.25) is 0 Å². The highest BCUT2D eigenvalue weighted by Crippen LogP contribution is 2.72. The van der Waals surface area contributed by atoms with Gasteiger partial charge in [-0.15, -0.1) is 0 Å². The molecule has 1 saturated heterocycles. The van der Waals surface area contributed by atoms with Crippen LogP contribution in [0.3, 0.4) is 0 Å². The number of aliphatic hydroxyl groups is 4. The van der Waals surface area contributed by atoms with Crippen molar-refractivity contribution in [3.8, 4) is 0 Å². The summed E-state index contributed by atoms with van der Waals surface area (Å²) >= 11 is 0. The fraction of sp³-hybridized carbons (Fsp3) is 0.897. The third-order valence-electron chi connectivity index (χ3n) is 12.4. The Balaban J connectivity index is 1.18. The van der Waals surface area contributed by atoms with Crippen molar-refractivity contribution in [2.45, 2.75) is 121 Å². The Bertz CT molecular complexity index is 954. The van der Waals surface area contributed by atoms with Crippen molar-refractivity contribution in [1.29, 1.82) is 0 Å². The van der Waals surface area contributed by atoms with E-state index in [0.717, 1.165) is 57.8 Å². The van der Waals surface area contributed by atoms with E-state index in [-0.39, 0.29) is 34.2 Å². The molecule has 4 saturated carbocycles. The molecule has 0 aromatic carbocycles. The van der Waals surface area contributed by atoms with Crippen LogP contribution in [-0.2, 0) is 19.0 Å². The van der Waals surface area contributed by atoms with E-state index in [0.29, 0.717) is 18.4 Å². The van der Waals surface area contributed by atoms with Crippen molar-refractivity contribution < 1.29 is 39.4 Å². The highest BCUT2D eigenvalue weighted by Gasteiger charge is 2.71. The Morgan fingerprint density at radius 1 is 0.946 bits per heavy atom. The van der Waals surface area contributed by atoms with Crippen molar-refractivity contribution in [2.24, 2.45) is 34.0 Å². The van der Waals surface area contributed by atoms with Crippen LogP contribution in [0.15, 0.2) is 12.2 Å². The van der Waals surface area contributed by atoms with Gasteiger partial charge in [0.2, 0.25) is 0 Å².